The predicted molar refractivity (Wildman–Crippen MR) is 73.2 cm³/mol. The third-order valence-corrected chi connectivity index (χ3v) is 4.63. The zero-order valence-electron chi connectivity index (χ0n) is 11.8. The number of nitrogens with zero attached hydrogens (tertiary/aromatic N) is 1. The molecular weight excluding hydrogens is 282 g/mol. The van der Waals surface area contributed by atoms with Crippen LogP contribution in [0.5, 0.6) is 0 Å². The van der Waals surface area contributed by atoms with Gasteiger partial charge in [0.2, 0.25) is 0 Å². The van der Waals surface area contributed by atoms with Crippen LogP contribution in [0.15, 0.2) is 24.3 Å². The summed E-state index contributed by atoms with van der Waals surface area (Å²) >= 11 is 0. The Morgan fingerprint density at radius 2 is 1.95 bits per heavy atom. The molecule has 2 unspecified atom stereocenters. The van der Waals surface area contributed by atoms with E-state index in [9.17, 15) is 17.6 Å². The van der Waals surface area contributed by atoms with Crippen molar-refractivity contribution in [1.29, 1.82) is 0 Å². The molecule has 0 N–H and O–H groups in total. The molecule has 1 aromatic carbocycles. The molecule has 1 aromatic rings. The summed E-state index contributed by atoms with van der Waals surface area (Å²) in [6, 6.07) is 3.18. The molecule has 0 aromatic heterocycles. The average molecular weight is 299 g/mol. The number of benzene rings is 1. The van der Waals surface area contributed by atoms with E-state index >= 15 is 0 Å². The number of halogens is 4. The van der Waals surface area contributed by atoms with Crippen molar-refractivity contribution < 1.29 is 17.6 Å². The SMILES string of the molecule is CN1C2C=C(c3cc(C(F)(F)F)ccc3F)CC1CCC2. The molecule has 2 heterocycles. The normalized spacial score (nSPS) is 26.6. The maximum atomic E-state index is 14.0. The Labute approximate surface area is 121 Å². The minimum absolute atomic E-state index is 0.106. The van der Waals surface area contributed by atoms with Crippen molar-refractivity contribution in [1.82, 2.24) is 4.90 Å². The van der Waals surface area contributed by atoms with Crippen LogP contribution in [0.2, 0.25) is 0 Å². The first-order chi connectivity index (χ1) is 9.86. The Hall–Kier alpha value is -1.36. The van der Waals surface area contributed by atoms with E-state index in [1.54, 1.807) is 0 Å². The van der Waals surface area contributed by atoms with E-state index in [2.05, 4.69) is 4.90 Å². The Morgan fingerprint density at radius 3 is 2.62 bits per heavy atom. The molecule has 0 spiro atoms. The van der Waals surface area contributed by atoms with Crippen molar-refractivity contribution in [3.63, 3.8) is 0 Å². The Balaban J connectivity index is 2.00. The second-order valence-corrected chi connectivity index (χ2v) is 5.91. The molecule has 114 valence electrons. The largest absolute Gasteiger partial charge is 0.416 e. The highest BCUT2D eigenvalue weighted by molar-refractivity contribution is 5.69. The zero-order chi connectivity index (χ0) is 15.2. The lowest BCUT2D eigenvalue weighted by atomic mass is 9.83. The molecule has 1 fully saturated rings. The molecular formula is C16H17F4N. The molecule has 5 heteroatoms. The lowest BCUT2D eigenvalue weighted by Gasteiger charge is -2.43. The van der Waals surface area contributed by atoms with Crippen LogP contribution in [-0.4, -0.2) is 24.0 Å². The Kier molecular flexibility index (Phi) is 3.56. The number of hydrogen-bond donors (Lipinski definition) is 0. The van der Waals surface area contributed by atoms with Crippen molar-refractivity contribution in [3.8, 4) is 0 Å². The summed E-state index contributed by atoms with van der Waals surface area (Å²) in [4.78, 5) is 2.25. The van der Waals surface area contributed by atoms with Gasteiger partial charge in [-0.1, -0.05) is 12.5 Å². The van der Waals surface area contributed by atoms with Crippen molar-refractivity contribution >= 4 is 5.57 Å². The van der Waals surface area contributed by atoms with Gasteiger partial charge in [0, 0.05) is 17.6 Å². The summed E-state index contributed by atoms with van der Waals surface area (Å²) in [6.45, 7) is 0. The van der Waals surface area contributed by atoms with Crippen molar-refractivity contribution in [3.05, 3.63) is 41.2 Å². The van der Waals surface area contributed by atoms with Crippen LogP contribution in [0, 0.1) is 5.82 Å². The third-order valence-electron chi connectivity index (χ3n) is 4.63. The Bertz CT molecular complexity index is 576. The summed E-state index contributed by atoms with van der Waals surface area (Å²) in [5.74, 6) is -0.572. The van der Waals surface area contributed by atoms with E-state index in [0.717, 1.165) is 37.5 Å². The highest BCUT2D eigenvalue weighted by atomic mass is 19.4. The number of piperidine rings is 1. The van der Waals surface area contributed by atoms with Gasteiger partial charge in [-0.3, -0.25) is 4.90 Å². The number of rotatable bonds is 1. The first-order valence-electron chi connectivity index (χ1n) is 7.16. The highest BCUT2D eigenvalue weighted by Gasteiger charge is 2.34. The van der Waals surface area contributed by atoms with Crippen molar-refractivity contribution in [2.45, 2.75) is 43.9 Å². The summed E-state index contributed by atoms with van der Waals surface area (Å²) in [5.41, 5.74) is 0.0325. The van der Waals surface area contributed by atoms with Gasteiger partial charge in [0.05, 0.1) is 5.56 Å². The van der Waals surface area contributed by atoms with Gasteiger partial charge in [-0.2, -0.15) is 13.2 Å². The van der Waals surface area contributed by atoms with E-state index in [4.69, 9.17) is 0 Å². The maximum absolute atomic E-state index is 14.0. The van der Waals surface area contributed by atoms with E-state index in [0.29, 0.717) is 18.0 Å². The van der Waals surface area contributed by atoms with Crippen LogP contribution in [0.4, 0.5) is 17.6 Å². The van der Waals surface area contributed by atoms with Gasteiger partial charge in [0.1, 0.15) is 5.82 Å². The molecule has 0 saturated carbocycles. The number of fused-ring (bicyclic) bond motifs is 2. The van der Waals surface area contributed by atoms with Crippen molar-refractivity contribution in [2.75, 3.05) is 7.05 Å². The molecule has 2 atom stereocenters. The highest BCUT2D eigenvalue weighted by Crippen LogP contribution is 2.38. The monoisotopic (exact) mass is 299 g/mol. The fourth-order valence-electron chi connectivity index (χ4n) is 3.39. The molecule has 1 nitrogen and oxygen atoms in total. The fourth-order valence-corrected chi connectivity index (χ4v) is 3.39. The zero-order valence-corrected chi connectivity index (χ0v) is 11.8. The van der Waals surface area contributed by atoms with E-state index in [1.165, 1.54) is 0 Å². The van der Waals surface area contributed by atoms with Crippen LogP contribution in [0.3, 0.4) is 0 Å². The molecule has 2 aliphatic rings. The summed E-state index contributed by atoms with van der Waals surface area (Å²) in [6.07, 6.45) is 1.24. The molecule has 0 amide bonds. The van der Waals surface area contributed by atoms with Crippen molar-refractivity contribution in [2.24, 2.45) is 0 Å². The summed E-state index contributed by atoms with van der Waals surface area (Å²) in [7, 11) is 2.03. The van der Waals surface area contributed by atoms with Gasteiger partial charge in [0.25, 0.3) is 0 Å². The van der Waals surface area contributed by atoms with E-state index < -0.39 is 17.6 Å². The van der Waals surface area contributed by atoms with E-state index in [1.807, 2.05) is 13.1 Å². The second kappa shape index (κ2) is 5.13. The van der Waals surface area contributed by atoms with Gasteiger partial charge in [0.15, 0.2) is 0 Å². The van der Waals surface area contributed by atoms with Gasteiger partial charge < -0.3 is 0 Å². The molecule has 2 bridgehead atoms. The topological polar surface area (TPSA) is 3.24 Å². The molecule has 1 saturated heterocycles. The van der Waals surface area contributed by atoms with E-state index in [-0.39, 0.29) is 11.6 Å². The predicted octanol–water partition coefficient (Wildman–Crippen LogP) is 4.48. The van der Waals surface area contributed by atoms with Gasteiger partial charge in [-0.05, 0) is 50.1 Å². The molecule has 3 rings (SSSR count). The fraction of sp³-hybridized carbons (Fsp3) is 0.500. The average Bonchev–Trinajstić information content (AvgIpc) is 2.38. The Morgan fingerprint density at radius 1 is 1.19 bits per heavy atom. The number of alkyl halides is 3. The first kappa shape index (κ1) is 14.6. The van der Waals surface area contributed by atoms with Gasteiger partial charge >= 0.3 is 6.18 Å². The first-order valence-corrected chi connectivity index (χ1v) is 7.16. The van der Waals surface area contributed by atoms with Crippen LogP contribution in [0.25, 0.3) is 5.57 Å². The quantitative estimate of drug-likeness (QED) is 0.691. The lowest BCUT2D eigenvalue weighted by molar-refractivity contribution is -0.137. The summed E-state index contributed by atoms with van der Waals surface area (Å²) in [5, 5.41) is 0. The minimum atomic E-state index is -4.44. The minimum Gasteiger partial charge on any atom is -0.297 e. The van der Waals surface area contributed by atoms with Crippen LogP contribution in [0.1, 0.15) is 36.8 Å². The van der Waals surface area contributed by atoms with Gasteiger partial charge in [-0.15, -0.1) is 0 Å². The number of likely N-dealkylation sites (N-methyl/N-ethyl adjacent to an activating group) is 1. The maximum Gasteiger partial charge on any atom is 0.416 e. The van der Waals surface area contributed by atoms with Crippen LogP contribution in [-0.2, 0) is 6.18 Å². The third kappa shape index (κ3) is 2.71. The number of hydrogen-bond acceptors (Lipinski definition) is 1. The molecule has 0 radical (unpaired) electrons. The lowest BCUT2D eigenvalue weighted by Crippen LogP contribution is -2.45. The molecule has 2 aliphatic heterocycles. The molecule has 21 heavy (non-hydrogen) atoms. The molecule has 0 aliphatic carbocycles. The smallest absolute Gasteiger partial charge is 0.297 e. The second-order valence-electron chi connectivity index (χ2n) is 5.91. The summed E-state index contributed by atoms with van der Waals surface area (Å²) < 4.78 is 52.4. The standard InChI is InChI=1S/C16H17F4N/c1-21-12-3-2-4-13(21)8-10(7-12)14-9-11(16(18,19)20)5-6-15(14)17/h5-7,9,12-13H,2-4,8H2,1H3. The van der Waals surface area contributed by atoms with Crippen LogP contribution >= 0.6 is 0 Å². The van der Waals surface area contributed by atoms with Gasteiger partial charge in [-0.25, -0.2) is 4.39 Å². The van der Waals surface area contributed by atoms with Crippen LogP contribution < -0.4 is 0 Å².